The predicted molar refractivity (Wildman–Crippen MR) is 41.2 cm³/mol. The van der Waals surface area contributed by atoms with E-state index in [2.05, 4.69) is 16.6 Å². The topological polar surface area (TPSA) is 63.6 Å². The molecule has 0 saturated carbocycles. The van der Waals surface area contributed by atoms with Gasteiger partial charge >= 0.3 is 11.9 Å². The third kappa shape index (κ3) is 3.06. The largest absolute Gasteiger partial charge is 0.480 e. The molecular formula is C8H10O4. The fourth-order valence-corrected chi connectivity index (χ4v) is 0.591. The minimum absolute atomic E-state index is 0.161. The molecule has 0 heterocycles. The van der Waals surface area contributed by atoms with E-state index in [1.807, 2.05) is 0 Å². The van der Waals surface area contributed by atoms with Gasteiger partial charge in [0.15, 0.2) is 0 Å². The monoisotopic (exact) mass is 170 g/mol. The van der Waals surface area contributed by atoms with Crippen molar-refractivity contribution < 1.29 is 19.4 Å². The summed E-state index contributed by atoms with van der Waals surface area (Å²) in [4.78, 5) is 21.3. The maximum atomic E-state index is 10.9. The molecule has 1 N–H and O–H groups in total. The summed E-state index contributed by atoms with van der Waals surface area (Å²) in [7, 11) is 0. The zero-order valence-electron chi connectivity index (χ0n) is 6.96. The highest BCUT2D eigenvalue weighted by Crippen LogP contribution is 1.98. The summed E-state index contributed by atoms with van der Waals surface area (Å²) < 4.78 is 4.50. The second kappa shape index (κ2) is 5.19. The van der Waals surface area contributed by atoms with Gasteiger partial charge < -0.3 is 9.84 Å². The average molecular weight is 170 g/mol. The molecule has 0 rings (SSSR count). The molecule has 0 fully saturated rings. The van der Waals surface area contributed by atoms with Crippen LogP contribution in [-0.4, -0.2) is 23.7 Å². The van der Waals surface area contributed by atoms with E-state index in [0.29, 0.717) is 0 Å². The Hall–Kier alpha value is -1.50. The molecule has 0 radical (unpaired) electrons. The Morgan fingerprint density at radius 2 is 2.17 bits per heavy atom. The quantitative estimate of drug-likeness (QED) is 0.375. The molecule has 0 bridgehead atoms. The third-order valence-corrected chi connectivity index (χ3v) is 1.06. The van der Waals surface area contributed by atoms with Crippen LogP contribution >= 0.6 is 0 Å². The standard InChI is InChI=1S/C8H10O4/c1-3-5-6(7(9)10)8(11)12-4-2/h6H,4H2,1-2H3,(H,9,10). The number of hydrogen-bond acceptors (Lipinski definition) is 3. The fourth-order valence-electron chi connectivity index (χ4n) is 0.591. The molecule has 0 aromatic heterocycles. The van der Waals surface area contributed by atoms with Gasteiger partial charge in [-0.15, -0.1) is 5.92 Å². The molecule has 0 saturated heterocycles. The first-order valence-electron chi connectivity index (χ1n) is 3.45. The van der Waals surface area contributed by atoms with Gasteiger partial charge in [0, 0.05) is 0 Å². The zero-order chi connectivity index (χ0) is 9.56. The van der Waals surface area contributed by atoms with Gasteiger partial charge in [-0.05, 0) is 13.8 Å². The summed E-state index contributed by atoms with van der Waals surface area (Å²) in [5.41, 5.74) is 0. The number of aliphatic carboxylic acids is 1. The second-order valence-electron chi connectivity index (χ2n) is 1.92. The first-order valence-corrected chi connectivity index (χ1v) is 3.45. The van der Waals surface area contributed by atoms with Crippen molar-refractivity contribution in [3.8, 4) is 11.8 Å². The SMILES string of the molecule is CC#CC(C(=O)O)C(=O)OCC. The first kappa shape index (κ1) is 10.5. The Kier molecular flexibility index (Phi) is 4.54. The van der Waals surface area contributed by atoms with E-state index in [0.717, 1.165) is 0 Å². The molecule has 0 aliphatic rings. The molecule has 0 aliphatic heterocycles. The fraction of sp³-hybridized carbons (Fsp3) is 0.500. The van der Waals surface area contributed by atoms with Crippen LogP contribution in [0.25, 0.3) is 0 Å². The second-order valence-corrected chi connectivity index (χ2v) is 1.92. The van der Waals surface area contributed by atoms with E-state index >= 15 is 0 Å². The van der Waals surface area contributed by atoms with Crippen molar-refractivity contribution in [2.45, 2.75) is 13.8 Å². The molecule has 0 aromatic carbocycles. The lowest BCUT2D eigenvalue weighted by atomic mass is 10.1. The van der Waals surface area contributed by atoms with Gasteiger partial charge in [0.1, 0.15) is 0 Å². The van der Waals surface area contributed by atoms with Gasteiger partial charge in [-0.2, -0.15) is 0 Å². The molecule has 4 heteroatoms. The molecule has 0 spiro atoms. The van der Waals surface area contributed by atoms with E-state index in [1.54, 1.807) is 6.92 Å². The van der Waals surface area contributed by atoms with Gasteiger partial charge in [-0.3, -0.25) is 9.59 Å². The molecule has 66 valence electrons. The van der Waals surface area contributed by atoms with Crippen LogP contribution in [-0.2, 0) is 14.3 Å². The summed E-state index contributed by atoms with van der Waals surface area (Å²) in [5, 5.41) is 8.50. The van der Waals surface area contributed by atoms with Crippen LogP contribution in [0.4, 0.5) is 0 Å². The zero-order valence-corrected chi connectivity index (χ0v) is 6.96. The molecule has 0 amide bonds. The van der Waals surface area contributed by atoms with Crippen LogP contribution in [0.3, 0.4) is 0 Å². The predicted octanol–water partition coefficient (Wildman–Crippen LogP) is 0.274. The van der Waals surface area contributed by atoms with Crippen molar-refractivity contribution in [2.24, 2.45) is 5.92 Å². The molecular weight excluding hydrogens is 160 g/mol. The lowest BCUT2D eigenvalue weighted by molar-refractivity contribution is -0.155. The van der Waals surface area contributed by atoms with Gasteiger partial charge in [0.25, 0.3) is 0 Å². The highest BCUT2D eigenvalue weighted by molar-refractivity contribution is 5.97. The van der Waals surface area contributed by atoms with Crippen molar-refractivity contribution in [3.63, 3.8) is 0 Å². The Morgan fingerprint density at radius 3 is 2.50 bits per heavy atom. The van der Waals surface area contributed by atoms with E-state index in [9.17, 15) is 9.59 Å². The number of carbonyl (C=O) groups excluding carboxylic acids is 1. The Bertz CT molecular complexity index is 233. The van der Waals surface area contributed by atoms with Crippen LogP contribution < -0.4 is 0 Å². The number of ether oxygens (including phenoxy) is 1. The molecule has 12 heavy (non-hydrogen) atoms. The average Bonchev–Trinajstić information content (AvgIpc) is 1.99. The van der Waals surface area contributed by atoms with Crippen LogP contribution in [0.2, 0.25) is 0 Å². The van der Waals surface area contributed by atoms with Crippen LogP contribution in [0, 0.1) is 17.8 Å². The van der Waals surface area contributed by atoms with Crippen molar-refractivity contribution in [1.82, 2.24) is 0 Å². The summed E-state index contributed by atoms with van der Waals surface area (Å²) in [6.07, 6.45) is 0. The Morgan fingerprint density at radius 1 is 1.58 bits per heavy atom. The maximum Gasteiger partial charge on any atom is 0.332 e. The number of carboxylic acids is 1. The smallest absolute Gasteiger partial charge is 0.332 e. The van der Waals surface area contributed by atoms with Crippen LogP contribution in [0.5, 0.6) is 0 Å². The lowest BCUT2D eigenvalue weighted by Crippen LogP contribution is -2.24. The number of rotatable bonds is 3. The van der Waals surface area contributed by atoms with Crippen molar-refractivity contribution in [2.75, 3.05) is 6.61 Å². The summed E-state index contributed by atoms with van der Waals surface area (Å²) in [5.74, 6) is 1.17. The van der Waals surface area contributed by atoms with Crippen molar-refractivity contribution in [3.05, 3.63) is 0 Å². The number of esters is 1. The molecule has 0 aromatic rings. The Balaban J connectivity index is 4.37. The van der Waals surface area contributed by atoms with Crippen LogP contribution in [0.1, 0.15) is 13.8 Å². The molecule has 0 aliphatic carbocycles. The summed E-state index contributed by atoms with van der Waals surface area (Å²) >= 11 is 0. The normalized spacial score (nSPS) is 10.8. The highest BCUT2D eigenvalue weighted by atomic mass is 16.5. The van der Waals surface area contributed by atoms with E-state index in [4.69, 9.17) is 5.11 Å². The minimum atomic E-state index is -1.35. The van der Waals surface area contributed by atoms with Gasteiger partial charge in [0.2, 0.25) is 5.92 Å². The van der Waals surface area contributed by atoms with E-state index in [1.165, 1.54) is 6.92 Å². The van der Waals surface area contributed by atoms with Gasteiger partial charge in [-0.1, -0.05) is 5.92 Å². The summed E-state index contributed by atoms with van der Waals surface area (Å²) in [6.45, 7) is 3.24. The van der Waals surface area contributed by atoms with Crippen molar-refractivity contribution >= 4 is 11.9 Å². The van der Waals surface area contributed by atoms with Crippen LogP contribution in [0.15, 0.2) is 0 Å². The number of carbonyl (C=O) groups is 2. The lowest BCUT2D eigenvalue weighted by Gasteiger charge is -2.03. The van der Waals surface area contributed by atoms with Gasteiger partial charge in [0.05, 0.1) is 6.61 Å². The van der Waals surface area contributed by atoms with Gasteiger partial charge in [-0.25, -0.2) is 0 Å². The van der Waals surface area contributed by atoms with Crippen molar-refractivity contribution in [1.29, 1.82) is 0 Å². The van der Waals surface area contributed by atoms with E-state index < -0.39 is 17.9 Å². The number of carboxylic acid groups (broad SMARTS) is 1. The summed E-state index contributed by atoms with van der Waals surface area (Å²) in [6, 6.07) is 0. The van der Waals surface area contributed by atoms with E-state index in [-0.39, 0.29) is 6.61 Å². The number of hydrogen-bond donors (Lipinski definition) is 1. The highest BCUT2D eigenvalue weighted by Gasteiger charge is 2.24. The Labute approximate surface area is 70.5 Å². The molecule has 1 atom stereocenters. The first-order chi connectivity index (χ1) is 5.63. The molecule has 4 nitrogen and oxygen atoms in total. The maximum absolute atomic E-state index is 10.9. The minimum Gasteiger partial charge on any atom is -0.480 e. The third-order valence-electron chi connectivity index (χ3n) is 1.06. The molecule has 1 unspecified atom stereocenters.